The molecule has 0 bridgehead atoms. The maximum absolute atomic E-state index is 10.0. The van der Waals surface area contributed by atoms with E-state index < -0.39 is 11.4 Å². The largest absolute Gasteiger partial charge is 0.396 e. The highest BCUT2D eigenvalue weighted by atomic mass is 16.7. The molecule has 2 aliphatic heterocycles. The van der Waals surface area contributed by atoms with Gasteiger partial charge in [0.25, 0.3) is 0 Å². The topological polar surface area (TPSA) is 77.4 Å². The summed E-state index contributed by atoms with van der Waals surface area (Å²) in [5, 5.41) is 19.5. The molecule has 2 aliphatic rings. The monoisotopic (exact) mass is 470 g/mol. The summed E-state index contributed by atoms with van der Waals surface area (Å²) < 4.78 is 23.9. The molecule has 2 N–H and O–H groups in total. The van der Waals surface area contributed by atoms with Gasteiger partial charge in [-0.2, -0.15) is 0 Å². The molecule has 0 aromatic carbocycles. The number of allylic oxidation sites excluding steroid dienone is 1. The van der Waals surface area contributed by atoms with E-state index in [1.807, 2.05) is 13.8 Å². The molecule has 0 aliphatic carbocycles. The summed E-state index contributed by atoms with van der Waals surface area (Å²) in [4.78, 5) is 0. The second-order valence-electron chi connectivity index (χ2n) is 10.3. The Kier molecular flexibility index (Phi) is 12.9. The molecule has 2 heterocycles. The van der Waals surface area contributed by atoms with Crippen LogP contribution < -0.4 is 0 Å². The number of hydrogen-bond donors (Lipinski definition) is 2. The van der Waals surface area contributed by atoms with Gasteiger partial charge in [0.15, 0.2) is 11.6 Å². The quantitative estimate of drug-likeness (QED) is 0.216. The molecular weight excluding hydrogens is 420 g/mol. The number of aliphatic hydroxyl groups excluding tert-OH is 2. The van der Waals surface area contributed by atoms with Gasteiger partial charge in [-0.05, 0) is 39.5 Å². The zero-order valence-corrected chi connectivity index (χ0v) is 21.5. The van der Waals surface area contributed by atoms with Crippen LogP contribution in [0.3, 0.4) is 0 Å². The van der Waals surface area contributed by atoms with E-state index in [9.17, 15) is 10.2 Å². The molecule has 0 saturated carbocycles. The predicted molar refractivity (Wildman–Crippen MR) is 131 cm³/mol. The van der Waals surface area contributed by atoms with Gasteiger partial charge >= 0.3 is 0 Å². The zero-order chi connectivity index (χ0) is 24.0. The van der Waals surface area contributed by atoms with Crippen molar-refractivity contribution < 1.29 is 29.2 Å². The van der Waals surface area contributed by atoms with Crippen LogP contribution in [-0.4, -0.2) is 60.4 Å². The fourth-order valence-electron chi connectivity index (χ4n) is 5.10. The Morgan fingerprint density at radius 1 is 0.818 bits per heavy atom. The molecule has 2 fully saturated rings. The van der Waals surface area contributed by atoms with Crippen LogP contribution in [0, 0.1) is 5.92 Å². The van der Waals surface area contributed by atoms with E-state index in [4.69, 9.17) is 18.9 Å². The lowest BCUT2D eigenvalue weighted by Gasteiger charge is -2.48. The fourth-order valence-corrected chi connectivity index (χ4v) is 5.10. The summed E-state index contributed by atoms with van der Waals surface area (Å²) in [5.74, 6) is -1.13. The average Bonchev–Trinajstić information content (AvgIpc) is 3.25. The van der Waals surface area contributed by atoms with E-state index in [0.29, 0.717) is 13.0 Å². The van der Waals surface area contributed by atoms with E-state index in [0.717, 1.165) is 45.3 Å². The summed E-state index contributed by atoms with van der Waals surface area (Å²) in [7, 11) is 0. The van der Waals surface area contributed by atoms with E-state index in [1.54, 1.807) is 0 Å². The molecule has 2 saturated heterocycles. The minimum absolute atomic E-state index is 0.0192. The third kappa shape index (κ3) is 9.58. The third-order valence-corrected chi connectivity index (χ3v) is 7.06. The van der Waals surface area contributed by atoms with Crippen LogP contribution in [-0.2, 0) is 18.9 Å². The van der Waals surface area contributed by atoms with E-state index in [2.05, 4.69) is 19.1 Å². The molecule has 6 heteroatoms. The molecule has 33 heavy (non-hydrogen) atoms. The van der Waals surface area contributed by atoms with Crippen LogP contribution in [0.5, 0.6) is 0 Å². The Balaban J connectivity index is 1.66. The predicted octanol–water partition coefficient (Wildman–Crippen LogP) is 5.50. The van der Waals surface area contributed by atoms with E-state index in [-0.39, 0.29) is 24.9 Å². The molecule has 2 rings (SSSR count). The third-order valence-electron chi connectivity index (χ3n) is 7.06. The van der Waals surface area contributed by atoms with Crippen LogP contribution in [0.15, 0.2) is 12.2 Å². The van der Waals surface area contributed by atoms with Crippen molar-refractivity contribution in [2.75, 3.05) is 33.0 Å². The summed E-state index contributed by atoms with van der Waals surface area (Å²) in [5.41, 5.74) is -0.779. The van der Waals surface area contributed by atoms with Crippen molar-refractivity contribution in [3.8, 4) is 0 Å². The molecule has 0 aromatic heterocycles. The minimum atomic E-state index is -0.779. The molecule has 0 aromatic rings. The molecule has 6 nitrogen and oxygen atoms in total. The first-order valence-corrected chi connectivity index (χ1v) is 13.4. The first-order chi connectivity index (χ1) is 15.9. The van der Waals surface area contributed by atoms with Gasteiger partial charge in [-0.15, -0.1) is 0 Å². The van der Waals surface area contributed by atoms with Crippen molar-refractivity contribution in [1.29, 1.82) is 0 Å². The second kappa shape index (κ2) is 14.8. The first kappa shape index (κ1) is 28.7. The fraction of sp³-hybridized carbons (Fsp3) is 0.926. The average molecular weight is 471 g/mol. The van der Waals surface area contributed by atoms with Crippen molar-refractivity contribution in [2.45, 2.75) is 121 Å². The second-order valence-corrected chi connectivity index (χ2v) is 10.3. The number of unbranched alkanes of at least 4 members (excludes halogenated alkanes) is 8. The zero-order valence-electron chi connectivity index (χ0n) is 21.5. The highest BCUT2D eigenvalue weighted by Crippen LogP contribution is 2.38. The summed E-state index contributed by atoms with van der Waals surface area (Å²) in [6.07, 6.45) is 18.7. The highest BCUT2D eigenvalue weighted by molar-refractivity contribution is 5.03. The maximum Gasteiger partial charge on any atom is 0.168 e. The summed E-state index contributed by atoms with van der Waals surface area (Å²) >= 11 is 0. The molecule has 194 valence electrons. The van der Waals surface area contributed by atoms with Crippen molar-refractivity contribution in [2.24, 2.45) is 5.92 Å². The van der Waals surface area contributed by atoms with Gasteiger partial charge in [0.1, 0.15) is 5.60 Å². The SMILES string of the molecule is CCCCCCCC1(CCCCCC/C=C/[C@@H]2COC(C)(C)OC2(CO)CCO)OCCO1. The Labute approximate surface area is 202 Å². The Bertz CT molecular complexity index is 543. The van der Waals surface area contributed by atoms with E-state index in [1.165, 1.54) is 44.9 Å². The van der Waals surface area contributed by atoms with Crippen LogP contribution in [0.1, 0.15) is 104 Å². The lowest BCUT2D eigenvalue weighted by Crippen LogP contribution is -2.57. The van der Waals surface area contributed by atoms with Crippen molar-refractivity contribution in [1.82, 2.24) is 0 Å². The number of aliphatic hydroxyl groups is 2. The molecule has 0 amide bonds. The highest BCUT2D eigenvalue weighted by Gasteiger charge is 2.47. The normalized spacial score (nSPS) is 26.9. The molecule has 0 radical (unpaired) electrons. The molecular formula is C27H50O6. The summed E-state index contributed by atoms with van der Waals surface area (Å²) in [6.45, 7) is 7.77. The smallest absolute Gasteiger partial charge is 0.168 e. The van der Waals surface area contributed by atoms with Crippen LogP contribution in [0.4, 0.5) is 0 Å². The van der Waals surface area contributed by atoms with Crippen molar-refractivity contribution >= 4 is 0 Å². The van der Waals surface area contributed by atoms with Gasteiger partial charge in [-0.1, -0.05) is 57.6 Å². The van der Waals surface area contributed by atoms with Crippen molar-refractivity contribution in [3.05, 3.63) is 12.2 Å². The van der Waals surface area contributed by atoms with Crippen molar-refractivity contribution in [3.63, 3.8) is 0 Å². The summed E-state index contributed by atoms with van der Waals surface area (Å²) in [6, 6.07) is 0. The van der Waals surface area contributed by atoms with Gasteiger partial charge in [-0.25, -0.2) is 0 Å². The maximum atomic E-state index is 10.0. The van der Waals surface area contributed by atoms with Gasteiger partial charge < -0.3 is 29.2 Å². The minimum Gasteiger partial charge on any atom is -0.396 e. The molecule has 0 spiro atoms. The Morgan fingerprint density at radius 2 is 1.45 bits per heavy atom. The van der Waals surface area contributed by atoms with Crippen LogP contribution >= 0.6 is 0 Å². The Morgan fingerprint density at radius 3 is 2.06 bits per heavy atom. The van der Waals surface area contributed by atoms with Gasteiger partial charge in [0, 0.05) is 31.8 Å². The van der Waals surface area contributed by atoms with E-state index >= 15 is 0 Å². The first-order valence-electron chi connectivity index (χ1n) is 13.4. The van der Waals surface area contributed by atoms with Gasteiger partial charge in [-0.3, -0.25) is 0 Å². The number of ether oxygens (including phenoxy) is 4. The standard InChI is InChI=1S/C27H50O6/c1-4-5-6-10-13-16-27(30-20-21-31-27)17-14-11-8-7-9-12-15-24-22-32-25(2,3)33-26(24,23-29)18-19-28/h12,15,24,28-29H,4-11,13-14,16-23H2,1-3H3/b15-12+/t24-,26?/m1/s1. The lowest BCUT2D eigenvalue weighted by molar-refractivity contribution is -0.334. The Hall–Kier alpha value is -0.500. The van der Waals surface area contributed by atoms with Gasteiger partial charge in [0.2, 0.25) is 0 Å². The van der Waals surface area contributed by atoms with Gasteiger partial charge in [0.05, 0.1) is 26.4 Å². The molecule has 1 unspecified atom stereocenters. The number of hydrogen-bond acceptors (Lipinski definition) is 6. The number of rotatable bonds is 17. The van der Waals surface area contributed by atoms with Crippen LogP contribution in [0.2, 0.25) is 0 Å². The molecule has 2 atom stereocenters. The lowest BCUT2D eigenvalue weighted by atomic mass is 9.83. The van der Waals surface area contributed by atoms with Crippen LogP contribution in [0.25, 0.3) is 0 Å².